The number of piperidine rings is 2. The fourth-order valence-electron chi connectivity index (χ4n) is 9.57. The average Bonchev–Trinajstić information content (AvgIpc) is 1.96. The van der Waals surface area contributed by atoms with E-state index in [9.17, 15) is 48.3 Å². The van der Waals surface area contributed by atoms with Crippen molar-refractivity contribution in [3.63, 3.8) is 0 Å². The van der Waals surface area contributed by atoms with E-state index in [4.69, 9.17) is 29.7 Å². The topological polar surface area (TPSA) is 283 Å². The zero-order chi connectivity index (χ0) is 64.2. The number of halogens is 6. The number of aliphatic hydroxyl groups excluding tert-OH is 3. The molecule has 0 aliphatic carbocycles. The number of alkyl halides is 6. The minimum absolute atomic E-state index is 0. The van der Waals surface area contributed by atoms with Gasteiger partial charge in [0.25, 0.3) is 6.47 Å². The molecule has 0 radical (unpaired) electrons. The second-order valence-corrected chi connectivity index (χ2v) is 24.6. The molecule has 3 aliphatic heterocycles. The van der Waals surface area contributed by atoms with Crippen molar-refractivity contribution < 1.29 is 192 Å². The van der Waals surface area contributed by atoms with Crippen LogP contribution in [0, 0.1) is 23.7 Å². The number of carbonyl (C=O) groups is 1. The van der Waals surface area contributed by atoms with Gasteiger partial charge in [0.05, 0.1) is 96.8 Å². The molecule has 0 saturated carbocycles. The summed E-state index contributed by atoms with van der Waals surface area (Å²) >= 11 is 0. The van der Waals surface area contributed by atoms with Crippen LogP contribution in [0.3, 0.4) is 0 Å². The normalized spacial score (nSPS) is 15.5. The van der Waals surface area contributed by atoms with Crippen molar-refractivity contribution in [3.8, 4) is 35.2 Å². The van der Waals surface area contributed by atoms with E-state index in [1.54, 1.807) is 48.5 Å². The Kier molecular flexibility index (Phi) is 32.2. The van der Waals surface area contributed by atoms with Crippen LogP contribution in [0.4, 0.5) is 49.1 Å². The van der Waals surface area contributed by atoms with Crippen LogP contribution in [0.15, 0.2) is 94.7 Å². The number of ether oxygens (including phenoxy) is 3. The number of aliphatic hydroxyl groups is 3. The van der Waals surface area contributed by atoms with Gasteiger partial charge in [-0.3, -0.25) is 4.79 Å². The summed E-state index contributed by atoms with van der Waals surface area (Å²) < 4.78 is 146. The summed E-state index contributed by atoms with van der Waals surface area (Å²) in [6, 6.07) is 23.0. The smallest absolute Gasteiger partial charge is 1.00 e. The van der Waals surface area contributed by atoms with E-state index in [1.165, 1.54) is 43.1 Å². The molecule has 5 heterocycles. The van der Waals surface area contributed by atoms with Gasteiger partial charge in [-0.05, 0) is 111 Å². The van der Waals surface area contributed by atoms with Crippen molar-refractivity contribution in [1.82, 2.24) is 19.4 Å². The Morgan fingerprint density at radius 1 is 0.711 bits per heavy atom. The zero-order valence-corrected chi connectivity index (χ0v) is 58.5. The van der Waals surface area contributed by atoms with Crippen LogP contribution in [0.5, 0.6) is 11.5 Å². The molecule has 2 atom stereocenters. The molecule has 9 rings (SSSR count). The molecule has 90 heavy (non-hydrogen) atoms. The van der Waals surface area contributed by atoms with Crippen LogP contribution >= 0.6 is 0 Å². The molecule has 3 saturated heterocycles. The van der Waals surface area contributed by atoms with E-state index in [1.807, 2.05) is 12.1 Å². The Morgan fingerprint density at radius 2 is 1.13 bits per heavy atom. The van der Waals surface area contributed by atoms with Gasteiger partial charge in [0.15, 0.2) is 19.7 Å². The molecular formula is C59H72F6K2N8O13S2. The number of carbonyl (C=O) groups excluding carboxylic acids is 1. The number of benzene rings is 4. The minimum atomic E-state index is -4.45. The average molecular weight is 1360 g/mol. The zero-order valence-electron chi connectivity index (χ0n) is 51.6. The molecule has 2 aromatic heterocycles. The quantitative estimate of drug-likeness (QED) is 0.00964. The van der Waals surface area contributed by atoms with Crippen molar-refractivity contribution in [3.05, 3.63) is 96.3 Å². The summed E-state index contributed by atoms with van der Waals surface area (Å²) in [5.74, 6) is 12.1. The van der Waals surface area contributed by atoms with Crippen molar-refractivity contribution in [2.75, 3.05) is 114 Å². The SMILES string of the molecule is COc1cc(S(C)(=O)=O)ccc1NCC#Cc1cc2c(NC3CCN(CC(O)CO)CC3)cccc2n1CC(F)(F)F.COc1cc(S(C)(=O)=O)ccc1NCC#Cc1cc2c(NC3CCNCC3)cccc2n1CC(F)(F)F.O=CO[O-].OCC1CO1.[H-].[K+].[K+]. The summed E-state index contributed by atoms with van der Waals surface area (Å²) in [7, 11) is -3.99. The minimum Gasteiger partial charge on any atom is -1.00 e. The van der Waals surface area contributed by atoms with Crippen LogP contribution in [-0.4, -0.2) is 182 Å². The predicted octanol–water partition coefficient (Wildman–Crippen LogP) is -0.515. The Balaban J connectivity index is 0.000000407. The van der Waals surface area contributed by atoms with Gasteiger partial charge in [0.1, 0.15) is 30.7 Å². The maximum atomic E-state index is 13.6. The number of β-amino-alcohol motifs (C(OH)–C–C–N with tert-alkyl or cyclic N) is 1. The fraction of sp³-hybridized carbons (Fsp3) is 0.441. The van der Waals surface area contributed by atoms with E-state index in [0.29, 0.717) is 51.2 Å². The van der Waals surface area contributed by atoms with Crippen LogP contribution in [0.2, 0.25) is 0 Å². The van der Waals surface area contributed by atoms with Gasteiger partial charge >= 0.3 is 115 Å². The number of anilines is 4. The molecule has 482 valence electrons. The number of epoxide rings is 1. The van der Waals surface area contributed by atoms with Crippen LogP contribution in [0.25, 0.3) is 21.8 Å². The maximum Gasteiger partial charge on any atom is 1.00 e. The van der Waals surface area contributed by atoms with Crippen LogP contribution in [-0.2, 0) is 47.2 Å². The van der Waals surface area contributed by atoms with Gasteiger partial charge in [-0.15, -0.1) is 0 Å². The molecule has 3 aliphatic rings. The van der Waals surface area contributed by atoms with Gasteiger partial charge in [-0.2, -0.15) is 26.3 Å². The first kappa shape index (κ1) is 78.3. The summed E-state index contributed by atoms with van der Waals surface area (Å²) in [6.07, 6.45) is -3.82. The second-order valence-electron chi connectivity index (χ2n) is 20.6. The van der Waals surface area contributed by atoms with Crippen molar-refractivity contribution in [2.24, 2.45) is 0 Å². The Bertz CT molecular complexity index is 3660. The number of fused-ring (bicyclic) bond motifs is 2. The molecule has 0 amide bonds. The molecule has 2 unspecified atom stereocenters. The van der Waals surface area contributed by atoms with E-state index in [-0.39, 0.29) is 176 Å². The number of rotatable bonds is 19. The van der Waals surface area contributed by atoms with Gasteiger partial charge < -0.3 is 81.7 Å². The second kappa shape index (κ2) is 37.1. The van der Waals surface area contributed by atoms with Crippen LogP contribution < -0.4 is 144 Å². The summed E-state index contributed by atoms with van der Waals surface area (Å²) in [6.45, 7) is 1.99. The Morgan fingerprint density at radius 3 is 1.48 bits per heavy atom. The first-order chi connectivity index (χ1) is 41.8. The molecule has 6 aromatic rings. The van der Waals surface area contributed by atoms with E-state index in [2.05, 4.69) is 64.8 Å². The number of methoxy groups -OCH3 is 2. The Hall–Kier alpha value is -4.18. The molecular weight excluding hydrogens is 1290 g/mol. The number of sulfone groups is 2. The first-order valence-corrected chi connectivity index (χ1v) is 31.4. The molecule has 0 bridgehead atoms. The third-order valence-corrected chi connectivity index (χ3v) is 16.1. The molecule has 0 spiro atoms. The van der Waals surface area contributed by atoms with E-state index < -0.39 is 51.2 Å². The summed E-state index contributed by atoms with van der Waals surface area (Å²) in [5.41, 5.74) is 3.88. The van der Waals surface area contributed by atoms with E-state index >= 15 is 0 Å². The molecule has 21 nitrogen and oxygen atoms in total. The number of hydrogen-bond acceptors (Lipinski definition) is 19. The monoisotopic (exact) mass is 1360 g/mol. The summed E-state index contributed by atoms with van der Waals surface area (Å²) in [4.78, 5) is 13.5. The van der Waals surface area contributed by atoms with Gasteiger partial charge in [0.2, 0.25) is 0 Å². The maximum absolute atomic E-state index is 13.6. The van der Waals surface area contributed by atoms with Crippen molar-refractivity contribution in [2.45, 2.75) is 85.2 Å². The van der Waals surface area contributed by atoms with Crippen molar-refractivity contribution in [1.29, 1.82) is 0 Å². The van der Waals surface area contributed by atoms with Gasteiger partial charge in [0, 0.05) is 78.5 Å². The number of hydrogen-bond donors (Lipinski definition) is 8. The fourth-order valence-corrected chi connectivity index (χ4v) is 10.8. The number of nitrogens with zero attached hydrogens (tertiary/aromatic N) is 3. The largest absolute Gasteiger partial charge is 1.00 e. The van der Waals surface area contributed by atoms with E-state index in [0.717, 1.165) is 86.9 Å². The predicted molar refractivity (Wildman–Crippen MR) is 320 cm³/mol. The number of likely N-dealkylation sites (tertiary alicyclic amines) is 1. The first-order valence-electron chi connectivity index (χ1n) is 27.6. The van der Waals surface area contributed by atoms with Crippen LogP contribution in [0.1, 0.15) is 38.5 Å². The third-order valence-electron chi connectivity index (χ3n) is 13.9. The summed E-state index contributed by atoms with van der Waals surface area (Å²) in [5, 5.41) is 53.0. The third kappa shape index (κ3) is 24.9. The molecule has 4 aromatic carbocycles. The molecule has 8 N–H and O–H groups in total. The Labute approximate surface area is 605 Å². The molecule has 31 heteroatoms. The van der Waals surface area contributed by atoms with Crippen molar-refractivity contribution >= 4 is 70.7 Å². The standard InChI is InChI=1S/C29H35F3N4O5S.C26H29F3N4O3S.C3H6O2.CH2O3.2K.H/c1-41-28-16-23(42(2,39)40)8-9-26(28)33-12-4-5-21-15-24-25(6-3-7-27(24)36(21)19-29(30,31)32)34-20-10-13-35(14-11-20)17-22(38)18-37;1-36-25-16-20(37(2,34)35)8-9-23(25)31-12-4-5-19-15-21-22(32-18-10-13-30-14-11-18)6-3-7-24(21)33(19)17-26(27,28)29;4-1-3-2-5-3;2-1-4-3;;;/h3,6-9,15-16,20,22,33-34,37-38H,10-14,17-19H2,1-2H3;3,6-9,15-16,18,30-32H,10-14,17H2,1-2H3;3-4H,1-2H2;1,3H;;;/q;;;;2*+1;-1/p-1. The van der Waals surface area contributed by atoms with Gasteiger partial charge in [-0.25, -0.2) is 16.8 Å². The number of nitrogens with one attached hydrogen (secondary N) is 5. The molecule has 3 fully saturated rings. The number of aromatic nitrogens is 2. The van der Waals surface area contributed by atoms with Gasteiger partial charge in [-0.1, -0.05) is 24.0 Å².